The summed E-state index contributed by atoms with van der Waals surface area (Å²) in [7, 11) is 1.70. The maximum absolute atomic E-state index is 10.4. The predicted octanol–water partition coefficient (Wildman–Crippen LogP) is 0.0506. The molecule has 6 nitrogen and oxygen atoms in total. The van der Waals surface area contributed by atoms with Crippen LogP contribution >= 0.6 is 0 Å². The smallest absolute Gasteiger partial charge is 0.303 e. The molecule has 6 heteroatoms. The average molecular weight is 198 g/mol. The standard InChI is InChI=1S/C8H14N4O2/c1-5(4-7(13)14)3-6-10-8(9)12(2)11-6/h5H,3-4H2,1-2H3,(H,13,14)(H2,9,10,11). The van der Waals surface area contributed by atoms with Crippen molar-refractivity contribution in [3.8, 4) is 0 Å². The van der Waals surface area contributed by atoms with Crippen LogP contribution in [0.15, 0.2) is 0 Å². The fraction of sp³-hybridized carbons (Fsp3) is 0.625. The van der Waals surface area contributed by atoms with Gasteiger partial charge >= 0.3 is 5.97 Å². The van der Waals surface area contributed by atoms with E-state index >= 15 is 0 Å². The van der Waals surface area contributed by atoms with Crippen LogP contribution in [0.25, 0.3) is 0 Å². The number of aliphatic carboxylic acids is 1. The van der Waals surface area contributed by atoms with Crippen LogP contribution in [0.5, 0.6) is 0 Å². The van der Waals surface area contributed by atoms with Gasteiger partial charge in [0.25, 0.3) is 0 Å². The summed E-state index contributed by atoms with van der Waals surface area (Å²) in [4.78, 5) is 14.4. The van der Waals surface area contributed by atoms with Crippen molar-refractivity contribution in [1.82, 2.24) is 14.8 Å². The summed E-state index contributed by atoms with van der Waals surface area (Å²) < 4.78 is 1.48. The molecule has 1 heterocycles. The Morgan fingerprint density at radius 2 is 2.36 bits per heavy atom. The van der Waals surface area contributed by atoms with Crippen LogP contribution in [0.1, 0.15) is 19.2 Å². The molecular weight excluding hydrogens is 184 g/mol. The molecule has 0 radical (unpaired) electrons. The van der Waals surface area contributed by atoms with Crippen LogP contribution in [0.4, 0.5) is 5.95 Å². The molecule has 0 aromatic carbocycles. The van der Waals surface area contributed by atoms with E-state index in [-0.39, 0.29) is 12.3 Å². The number of carboxylic acid groups (broad SMARTS) is 1. The molecule has 0 fully saturated rings. The minimum absolute atomic E-state index is 0.0225. The largest absolute Gasteiger partial charge is 0.481 e. The lowest BCUT2D eigenvalue weighted by molar-refractivity contribution is -0.137. The fourth-order valence-corrected chi connectivity index (χ4v) is 1.22. The van der Waals surface area contributed by atoms with Gasteiger partial charge in [0.2, 0.25) is 5.95 Å². The molecule has 0 aliphatic heterocycles. The maximum atomic E-state index is 10.4. The molecular formula is C8H14N4O2. The van der Waals surface area contributed by atoms with Crippen LogP contribution in [0, 0.1) is 5.92 Å². The molecule has 1 aromatic rings. The Morgan fingerprint density at radius 1 is 1.71 bits per heavy atom. The maximum Gasteiger partial charge on any atom is 0.303 e. The van der Waals surface area contributed by atoms with Gasteiger partial charge in [-0.2, -0.15) is 10.1 Å². The molecule has 1 atom stereocenters. The van der Waals surface area contributed by atoms with Gasteiger partial charge in [-0.1, -0.05) is 6.92 Å². The second-order valence-corrected chi connectivity index (χ2v) is 3.42. The summed E-state index contributed by atoms with van der Waals surface area (Å²) in [5.41, 5.74) is 5.49. The number of hydrogen-bond acceptors (Lipinski definition) is 4. The molecule has 0 saturated carbocycles. The molecule has 0 saturated heterocycles. The molecule has 0 amide bonds. The Labute approximate surface area is 81.7 Å². The lowest BCUT2D eigenvalue weighted by atomic mass is 10.0. The number of nitrogen functional groups attached to an aromatic ring is 1. The number of aromatic nitrogens is 3. The molecule has 3 N–H and O–H groups in total. The summed E-state index contributed by atoms with van der Waals surface area (Å²) in [5, 5.41) is 12.6. The number of carbonyl (C=O) groups is 1. The first-order valence-corrected chi connectivity index (χ1v) is 4.36. The lowest BCUT2D eigenvalue weighted by Gasteiger charge is -2.03. The third kappa shape index (κ3) is 2.72. The number of rotatable bonds is 4. The highest BCUT2D eigenvalue weighted by atomic mass is 16.4. The molecule has 1 aromatic heterocycles. The van der Waals surface area contributed by atoms with Gasteiger partial charge in [-0.05, 0) is 5.92 Å². The zero-order chi connectivity index (χ0) is 10.7. The molecule has 0 spiro atoms. The van der Waals surface area contributed by atoms with E-state index in [0.29, 0.717) is 18.2 Å². The van der Waals surface area contributed by atoms with E-state index in [0.717, 1.165) is 0 Å². The molecule has 0 aliphatic carbocycles. The third-order valence-corrected chi connectivity index (χ3v) is 1.89. The monoisotopic (exact) mass is 198 g/mol. The quantitative estimate of drug-likeness (QED) is 0.713. The number of nitrogens with two attached hydrogens (primary N) is 1. The molecule has 0 bridgehead atoms. The highest BCUT2D eigenvalue weighted by Gasteiger charge is 2.12. The van der Waals surface area contributed by atoms with Gasteiger partial charge in [0, 0.05) is 19.9 Å². The van der Waals surface area contributed by atoms with Crippen molar-refractivity contribution in [2.75, 3.05) is 5.73 Å². The molecule has 78 valence electrons. The zero-order valence-corrected chi connectivity index (χ0v) is 8.27. The second-order valence-electron chi connectivity index (χ2n) is 3.42. The zero-order valence-electron chi connectivity index (χ0n) is 8.27. The second kappa shape index (κ2) is 4.08. The van der Waals surface area contributed by atoms with Gasteiger partial charge in [0.15, 0.2) is 5.82 Å². The van der Waals surface area contributed by atoms with Crippen molar-refractivity contribution in [1.29, 1.82) is 0 Å². The Morgan fingerprint density at radius 3 is 2.79 bits per heavy atom. The van der Waals surface area contributed by atoms with Crippen LogP contribution < -0.4 is 5.73 Å². The minimum atomic E-state index is -0.804. The van der Waals surface area contributed by atoms with E-state index in [4.69, 9.17) is 10.8 Å². The summed E-state index contributed by atoms with van der Waals surface area (Å²) in [5.74, 6) is 0.164. The molecule has 1 unspecified atom stereocenters. The lowest BCUT2D eigenvalue weighted by Crippen LogP contribution is -2.08. The Hall–Kier alpha value is -1.59. The van der Waals surface area contributed by atoms with E-state index in [1.54, 1.807) is 7.05 Å². The molecule has 14 heavy (non-hydrogen) atoms. The fourth-order valence-electron chi connectivity index (χ4n) is 1.22. The first-order valence-electron chi connectivity index (χ1n) is 4.36. The third-order valence-electron chi connectivity index (χ3n) is 1.89. The molecule has 1 rings (SSSR count). The van der Waals surface area contributed by atoms with Gasteiger partial charge < -0.3 is 10.8 Å². The summed E-state index contributed by atoms with van der Waals surface area (Å²) >= 11 is 0. The minimum Gasteiger partial charge on any atom is -0.481 e. The highest BCUT2D eigenvalue weighted by molar-refractivity contribution is 5.66. The van der Waals surface area contributed by atoms with E-state index in [9.17, 15) is 4.79 Å². The van der Waals surface area contributed by atoms with Gasteiger partial charge in [0.05, 0.1) is 0 Å². The van der Waals surface area contributed by atoms with E-state index in [1.807, 2.05) is 6.92 Å². The summed E-state index contributed by atoms with van der Waals surface area (Å²) in [6, 6.07) is 0. The number of aryl methyl sites for hydroxylation is 1. The Bertz CT molecular complexity index is 315. The van der Waals surface area contributed by atoms with Crippen molar-refractivity contribution < 1.29 is 9.90 Å². The normalized spacial score (nSPS) is 12.7. The number of hydrogen-bond donors (Lipinski definition) is 2. The van der Waals surface area contributed by atoms with Crippen LogP contribution in [-0.2, 0) is 18.3 Å². The van der Waals surface area contributed by atoms with Crippen LogP contribution in [0.3, 0.4) is 0 Å². The summed E-state index contributed by atoms with van der Waals surface area (Å²) in [6.07, 6.45) is 0.662. The van der Waals surface area contributed by atoms with E-state index in [2.05, 4.69) is 10.1 Å². The van der Waals surface area contributed by atoms with Gasteiger partial charge in [-0.3, -0.25) is 4.79 Å². The average Bonchev–Trinajstić information content (AvgIpc) is 2.28. The van der Waals surface area contributed by atoms with Crippen LogP contribution in [0.2, 0.25) is 0 Å². The van der Waals surface area contributed by atoms with Crippen molar-refractivity contribution >= 4 is 11.9 Å². The first kappa shape index (κ1) is 10.5. The van der Waals surface area contributed by atoms with Crippen molar-refractivity contribution in [2.45, 2.75) is 19.8 Å². The van der Waals surface area contributed by atoms with Crippen molar-refractivity contribution in [3.63, 3.8) is 0 Å². The van der Waals surface area contributed by atoms with E-state index < -0.39 is 5.97 Å². The van der Waals surface area contributed by atoms with Gasteiger partial charge in [-0.25, -0.2) is 4.68 Å². The summed E-state index contributed by atoms with van der Waals surface area (Å²) in [6.45, 7) is 1.85. The van der Waals surface area contributed by atoms with Crippen molar-refractivity contribution in [3.05, 3.63) is 5.82 Å². The number of anilines is 1. The van der Waals surface area contributed by atoms with Crippen LogP contribution in [-0.4, -0.2) is 25.8 Å². The van der Waals surface area contributed by atoms with Gasteiger partial charge in [0.1, 0.15) is 0 Å². The number of nitrogens with zero attached hydrogens (tertiary/aromatic N) is 3. The predicted molar refractivity (Wildman–Crippen MR) is 50.5 cm³/mol. The topological polar surface area (TPSA) is 94.0 Å². The highest BCUT2D eigenvalue weighted by Crippen LogP contribution is 2.09. The number of carboxylic acids is 1. The SMILES string of the molecule is CC(CC(=O)O)Cc1nc(N)n(C)n1. The first-order chi connectivity index (χ1) is 6.49. The van der Waals surface area contributed by atoms with Gasteiger partial charge in [-0.15, -0.1) is 0 Å². The van der Waals surface area contributed by atoms with E-state index in [1.165, 1.54) is 4.68 Å². The Kier molecular flexibility index (Phi) is 3.06. The molecule has 0 aliphatic rings. The van der Waals surface area contributed by atoms with Crippen molar-refractivity contribution in [2.24, 2.45) is 13.0 Å². The Balaban J connectivity index is 2.56.